The summed E-state index contributed by atoms with van der Waals surface area (Å²) in [6.07, 6.45) is 0. The minimum atomic E-state index is -0.209. The summed E-state index contributed by atoms with van der Waals surface area (Å²) in [5.74, 6) is -0.209. The second-order valence-corrected chi connectivity index (χ2v) is 6.96. The van der Waals surface area contributed by atoms with E-state index in [1.165, 1.54) is 0 Å². The second-order valence-electron chi connectivity index (χ2n) is 6.08. The van der Waals surface area contributed by atoms with Gasteiger partial charge in [-0.25, -0.2) is 0 Å². The van der Waals surface area contributed by atoms with Gasteiger partial charge in [0, 0.05) is 21.3 Å². The van der Waals surface area contributed by atoms with E-state index >= 15 is 0 Å². The maximum atomic E-state index is 12.5. The van der Waals surface area contributed by atoms with E-state index in [2.05, 4.69) is 15.5 Å². The van der Waals surface area contributed by atoms with Crippen LogP contribution < -0.4 is 5.32 Å². The topological polar surface area (TPSA) is 59.8 Å². The fourth-order valence-corrected chi connectivity index (χ4v) is 2.94. The SMILES string of the molecule is Cc1cc2nn(-c3ccc(Cl)cc3)nc2cc1NC(=O)c1ccc(Cl)cc1. The van der Waals surface area contributed by atoms with Gasteiger partial charge in [-0.15, -0.1) is 10.2 Å². The Morgan fingerprint density at radius 3 is 2.07 bits per heavy atom. The number of benzene rings is 3. The maximum Gasteiger partial charge on any atom is 0.255 e. The number of fused-ring (bicyclic) bond motifs is 1. The number of hydrogen-bond acceptors (Lipinski definition) is 3. The highest BCUT2D eigenvalue weighted by Gasteiger charge is 2.12. The number of rotatable bonds is 3. The fourth-order valence-electron chi connectivity index (χ4n) is 2.69. The molecule has 134 valence electrons. The Hall–Kier alpha value is -2.89. The van der Waals surface area contributed by atoms with Crippen molar-refractivity contribution in [2.24, 2.45) is 0 Å². The number of anilines is 1. The summed E-state index contributed by atoms with van der Waals surface area (Å²) in [4.78, 5) is 14.0. The van der Waals surface area contributed by atoms with Gasteiger partial charge in [-0.1, -0.05) is 23.2 Å². The zero-order chi connectivity index (χ0) is 19.0. The highest BCUT2D eigenvalue weighted by atomic mass is 35.5. The van der Waals surface area contributed by atoms with E-state index in [-0.39, 0.29) is 5.91 Å². The number of carbonyl (C=O) groups excluding carboxylic acids is 1. The molecule has 7 heteroatoms. The number of nitrogens with zero attached hydrogens (tertiary/aromatic N) is 3. The van der Waals surface area contributed by atoms with Gasteiger partial charge in [0.25, 0.3) is 5.91 Å². The van der Waals surface area contributed by atoms with Gasteiger partial charge >= 0.3 is 0 Å². The molecule has 0 aliphatic heterocycles. The molecule has 0 saturated heterocycles. The van der Waals surface area contributed by atoms with Crippen molar-refractivity contribution in [1.29, 1.82) is 0 Å². The first-order valence-electron chi connectivity index (χ1n) is 8.20. The Morgan fingerprint density at radius 2 is 1.44 bits per heavy atom. The lowest BCUT2D eigenvalue weighted by molar-refractivity contribution is 0.102. The molecule has 1 amide bonds. The van der Waals surface area contributed by atoms with Crippen LogP contribution in [-0.4, -0.2) is 20.9 Å². The van der Waals surface area contributed by atoms with E-state index in [0.717, 1.165) is 16.8 Å². The standard InChI is InChI=1S/C20H14Cl2N4O/c1-12-10-18-19(25-26(24-18)16-8-6-15(22)7-9-16)11-17(12)23-20(27)13-2-4-14(21)5-3-13/h2-11H,1H3,(H,23,27). The summed E-state index contributed by atoms with van der Waals surface area (Å²) in [6.45, 7) is 1.91. The lowest BCUT2D eigenvalue weighted by Gasteiger charge is -2.08. The van der Waals surface area contributed by atoms with Crippen LogP contribution in [0.3, 0.4) is 0 Å². The lowest BCUT2D eigenvalue weighted by Crippen LogP contribution is -2.12. The van der Waals surface area contributed by atoms with Gasteiger partial charge in [-0.3, -0.25) is 4.79 Å². The molecule has 4 rings (SSSR count). The number of aromatic nitrogens is 3. The van der Waals surface area contributed by atoms with Gasteiger partial charge in [-0.05, 0) is 73.2 Å². The van der Waals surface area contributed by atoms with Crippen molar-refractivity contribution in [3.63, 3.8) is 0 Å². The van der Waals surface area contributed by atoms with Gasteiger partial charge in [0.1, 0.15) is 11.0 Å². The Labute approximate surface area is 165 Å². The normalized spacial score (nSPS) is 10.9. The van der Waals surface area contributed by atoms with Gasteiger partial charge in [0.2, 0.25) is 0 Å². The number of amides is 1. The molecular weight excluding hydrogens is 383 g/mol. The molecule has 0 aliphatic carbocycles. The molecule has 0 unspecified atom stereocenters. The van der Waals surface area contributed by atoms with Crippen LogP contribution in [0.25, 0.3) is 16.7 Å². The maximum absolute atomic E-state index is 12.5. The number of aryl methyl sites for hydroxylation is 1. The van der Waals surface area contributed by atoms with E-state index in [0.29, 0.717) is 26.8 Å². The number of carbonyl (C=O) groups is 1. The van der Waals surface area contributed by atoms with Crippen LogP contribution in [0.4, 0.5) is 5.69 Å². The first-order chi connectivity index (χ1) is 13.0. The molecule has 0 fully saturated rings. The van der Waals surface area contributed by atoms with Crippen molar-refractivity contribution in [3.05, 3.63) is 81.8 Å². The molecule has 0 aliphatic rings. The Kier molecular flexibility index (Phi) is 4.56. The van der Waals surface area contributed by atoms with E-state index in [1.807, 2.05) is 31.2 Å². The highest BCUT2D eigenvalue weighted by Crippen LogP contribution is 2.23. The van der Waals surface area contributed by atoms with Gasteiger partial charge in [0.15, 0.2) is 0 Å². The van der Waals surface area contributed by atoms with Crippen molar-refractivity contribution in [2.45, 2.75) is 6.92 Å². The molecule has 0 radical (unpaired) electrons. The largest absolute Gasteiger partial charge is 0.322 e. The molecule has 0 atom stereocenters. The first-order valence-corrected chi connectivity index (χ1v) is 8.96. The second kappa shape index (κ2) is 7.02. The molecule has 3 aromatic carbocycles. The van der Waals surface area contributed by atoms with Crippen LogP contribution in [0, 0.1) is 6.92 Å². The summed E-state index contributed by atoms with van der Waals surface area (Å²) in [6, 6.07) is 17.7. The minimum Gasteiger partial charge on any atom is -0.322 e. The van der Waals surface area contributed by atoms with Crippen LogP contribution in [0.5, 0.6) is 0 Å². The van der Waals surface area contributed by atoms with Crippen LogP contribution in [0.15, 0.2) is 60.7 Å². The Bertz CT molecular complexity index is 1140. The predicted molar refractivity (Wildman–Crippen MR) is 108 cm³/mol. The molecule has 0 saturated carbocycles. The van der Waals surface area contributed by atoms with Crippen LogP contribution in [0.1, 0.15) is 15.9 Å². The molecule has 1 heterocycles. The molecule has 0 spiro atoms. The number of nitrogens with one attached hydrogen (secondary N) is 1. The van der Waals surface area contributed by atoms with Gasteiger partial charge in [0.05, 0.1) is 5.69 Å². The summed E-state index contributed by atoms with van der Waals surface area (Å²) in [5, 5.41) is 13.2. The van der Waals surface area contributed by atoms with Crippen molar-refractivity contribution in [2.75, 3.05) is 5.32 Å². The Morgan fingerprint density at radius 1 is 0.889 bits per heavy atom. The monoisotopic (exact) mass is 396 g/mol. The van der Waals surface area contributed by atoms with E-state index in [9.17, 15) is 4.79 Å². The molecule has 0 bridgehead atoms. The van der Waals surface area contributed by atoms with E-state index < -0.39 is 0 Å². The average molecular weight is 397 g/mol. The fraction of sp³-hybridized carbons (Fsp3) is 0.0500. The van der Waals surface area contributed by atoms with Gasteiger partial charge < -0.3 is 5.32 Å². The molecule has 27 heavy (non-hydrogen) atoms. The number of halogens is 2. The van der Waals surface area contributed by atoms with Gasteiger partial charge in [-0.2, -0.15) is 4.80 Å². The quantitative estimate of drug-likeness (QED) is 0.511. The van der Waals surface area contributed by atoms with Crippen LogP contribution in [0.2, 0.25) is 10.0 Å². The zero-order valence-corrected chi connectivity index (χ0v) is 15.8. The van der Waals surface area contributed by atoms with Crippen molar-refractivity contribution < 1.29 is 4.79 Å². The van der Waals surface area contributed by atoms with Crippen molar-refractivity contribution >= 4 is 45.8 Å². The van der Waals surface area contributed by atoms with Crippen molar-refractivity contribution in [1.82, 2.24) is 15.0 Å². The molecule has 1 N–H and O–H groups in total. The highest BCUT2D eigenvalue weighted by molar-refractivity contribution is 6.31. The van der Waals surface area contributed by atoms with Crippen LogP contribution in [-0.2, 0) is 0 Å². The summed E-state index contributed by atoms with van der Waals surface area (Å²) in [7, 11) is 0. The molecule has 1 aromatic heterocycles. The molecular formula is C20H14Cl2N4O. The Balaban J connectivity index is 1.65. The molecule has 5 nitrogen and oxygen atoms in total. The summed E-state index contributed by atoms with van der Waals surface area (Å²) >= 11 is 11.8. The zero-order valence-electron chi connectivity index (χ0n) is 14.3. The summed E-state index contributed by atoms with van der Waals surface area (Å²) in [5.41, 5.74) is 4.34. The third-order valence-electron chi connectivity index (χ3n) is 4.14. The van der Waals surface area contributed by atoms with Crippen molar-refractivity contribution in [3.8, 4) is 5.69 Å². The van der Waals surface area contributed by atoms with E-state index in [1.54, 1.807) is 41.2 Å². The lowest BCUT2D eigenvalue weighted by atomic mass is 10.1. The smallest absolute Gasteiger partial charge is 0.255 e. The van der Waals surface area contributed by atoms with Crippen LogP contribution >= 0.6 is 23.2 Å². The minimum absolute atomic E-state index is 0.209. The number of hydrogen-bond donors (Lipinski definition) is 1. The first kappa shape index (κ1) is 17.5. The third-order valence-corrected chi connectivity index (χ3v) is 4.64. The molecule has 4 aromatic rings. The average Bonchev–Trinajstić information content (AvgIpc) is 3.05. The summed E-state index contributed by atoms with van der Waals surface area (Å²) < 4.78 is 0. The van der Waals surface area contributed by atoms with E-state index in [4.69, 9.17) is 23.2 Å². The predicted octanol–water partition coefficient (Wildman–Crippen LogP) is 5.29. The third kappa shape index (κ3) is 3.65.